The number of methoxy groups -OCH3 is 1. The Morgan fingerprint density at radius 3 is 2.84 bits per heavy atom. The van der Waals surface area contributed by atoms with E-state index in [-0.39, 0.29) is 17.2 Å². The number of carbonyl (C=O) groups excluding carboxylic acids is 1. The van der Waals surface area contributed by atoms with Gasteiger partial charge in [-0.3, -0.25) is 10.1 Å². The van der Waals surface area contributed by atoms with E-state index in [1.54, 1.807) is 0 Å². The molecule has 0 radical (unpaired) electrons. The third-order valence-corrected chi connectivity index (χ3v) is 2.26. The van der Waals surface area contributed by atoms with Gasteiger partial charge in [-0.15, -0.1) is 5.10 Å². The van der Waals surface area contributed by atoms with Crippen molar-refractivity contribution in [1.29, 1.82) is 0 Å². The van der Waals surface area contributed by atoms with Crippen molar-refractivity contribution in [3.63, 3.8) is 0 Å². The van der Waals surface area contributed by atoms with E-state index in [1.807, 2.05) is 0 Å². The van der Waals surface area contributed by atoms with Gasteiger partial charge in [0.1, 0.15) is 6.33 Å². The fourth-order valence-electron chi connectivity index (χ4n) is 1.43. The lowest BCUT2D eigenvalue weighted by Gasteiger charge is -2.02. The molecule has 1 heterocycles. The van der Waals surface area contributed by atoms with Crippen molar-refractivity contribution >= 4 is 17.3 Å². The molecule has 98 valence electrons. The van der Waals surface area contributed by atoms with E-state index in [0.717, 1.165) is 0 Å². The molecule has 0 aliphatic carbocycles. The van der Waals surface area contributed by atoms with Crippen molar-refractivity contribution in [3.8, 4) is 5.69 Å². The van der Waals surface area contributed by atoms with Crippen LogP contribution in [0.1, 0.15) is 10.6 Å². The Balaban J connectivity index is 2.44. The topological polar surface area (TPSA) is 126 Å². The highest BCUT2D eigenvalue weighted by atomic mass is 16.6. The number of carbonyl (C=O) groups is 1. The average Bonchev–Trinajstić information content (AvgIpc) is 2.86. The van der Waals surface area contributed by atoms with Crippen molar-refractivity contribution < 1.29 is 14.5 Å². The van der Waals surface area contributed by atoms with E-state index in [0.29, 0.717) is 5.69 Å². The number of aromatic nitrogens is 3. The minimum atomic E-state index is -0.697. The highest BCUT2D eigenvalue weighted by molar-refractivity contribution is 5.84. The van der Waals surface area contributed by atoms with Gasteiger partial charge in [-0.2, -0.15) is 0 Å². The zero-order valence-electron chi connectivity index (χ0n) is 9.81. The van der Waals surface area contributed by atoms with Crippen LogP contribution in [-0.4, -0.2) is 32.8 Å². The predicted molar refractivity (Wildman–Crippen MR) is 63.8 cm³/mol. The molecule has 1 aromatic heterocycles. The van der Waals surface area contributed by atoms with Crippen molar-refractivity contribution in [1.82, 2.24) is 14.8 Å². The van der Waals surface area contributed by atoms with E-state index in [1.165, 1.54) is 36.3 Å². The summed E-state index contributed by atoms with van der Waals surface area (Å²) >= 11 is 0. The van der Waals surface area contributed by atoms with Crippen LogP contribution in [-0.2, 0) is 4.74 Å². The molecule has 9 heteroatoms. The number of hydrogen-bond acceptors (Lipinski definition) is 7. The third-order valence-electron chi connectivity index (χ3n) is 2.26. The van der Waals surface area contributed by atoms with Gasteiger partial charge in [0.05, 0.1) is 17.7 Å². The summed E-state index contributed by atoms with van der Waals surface area (Å²) < 4.78 is 5.66. The third kappa shape index (κ3) is 2.49. The van der Waals surface area contributed by atoms with Gasteiger partial charge in [-0.1, -0.05) is 0 Å². The quantitative estimate of drug-likeness (QED) is 0.370. The number of anilines is 1. The molecule has 2 rings (SSSR count). The first-order chi connectivity index (χ1) is 9.01. The number of nitrogen functional groups attached to an aromatic ring is 1. The maximum atomic E-state index is 11.2. The van der Waals surface area contributed by atoms with Crippen molar-refractivity contribution in [3.05, 3.63) is 40.5 Å². The average molecular weight is 263 g/mol. The summed E-state index contributed by atoms with van der Waals surface area (Å²) in [5.74, 6) is -0.843. The predicted octanol–water partition coefficient (Wildman–Crippen LogP) is 0.544. The summed E-state index contributed by atoms with van der Waals surface area (Å²) in [6.07, 6.45) is 1.24. The number of nitro groups is 1. The SMILES string of the molecule is COC(=O)c1ncn(-c2cc(N)cc([N+](=O)[O-])c2)n1. The summed E-state index contributed by atoms with van der Waals surface area (Å²) in [6, 6.07) is 3.97. The summed E-state index contributed by atoms with van der Waals surface area (Å²) in [4.78, 5) is 25.1. The number of nitrogens with two attached hydrogens (primary N) is 1. The summed E-state index contributed by atoms with van der Waals surface area (Å²) in [7, 11) is 1.20. The van der Waals surface area contributed by atoms with Gasteiger partial charge in [-0.25, -0.2) is 14.5 Å². The van der Waals surface area contributed by atoms with Crippen molar-refractivity contribution in [2.24, 2.45) is 0 Å². The number of ether oxygens (including phenoxy) is 1. The summed E-state index contributed by atoms with van der Waals surface area (Å²) in [5.41, 5.74) is 5.93. The molecule has 0 aliphatic heterocycles. The highest BCUT2D eigenvalue weighted by Crippen LogP contribution is 2.20. The summed E-state index contributed by atoms with van der Waals surface area (Å²) in [6.45, 7) is 0. The highest BCUT2D eigenvalue weighted by Gasteiger charge is 2.14. The number of esters is 1. The Hall–Kier alpha value is -2.97. The molecule has 0 saturated heterocycles. The second-order valence-electron chi connectivity index (χ2n) is 3.54. The molecule has 19 heavy (non-hydrogen) atoms. The van der Waals surface area contributed by atoms with Gasteiger partial charge in [-0.05, 0) is 6.07 Å². The molecule has 0 atom stereocenters. The molecule has 2 aromatic rings. The molecule has 0 bridgehead atoms. The lowest BCUT2D eigenvalue weighted by molar-refractivity contribution is -0.384. The monoisotopic (exact) mass is 263 g/mol. The Morgan fingerprint density at radius 1 is 1.47 bits per heavy atom. The first-order valence-electron chi connectivity index (χ1n) is 5.06. The van der Waals surface area contributed by atoms with Crippen molar-refractivity contribution in [2.45, 2.75) is 0 Å². The minimum Gasteiger partial charge on any atom is -0.463 e. The van der Waals surface area contributed by atoms with E-state index >= 15 is 0 Å². The van der Waals surface area contributed by atoms with Gasteiger partial charge in [0, 0.05) is 17.8 Å². The molecular formula is C10H9N5O4. The normalized spacial score (nSPS) is 10.2. The van der Waals surface area contributed by atoms with Crippen LogP contribution >= 0.6 is 0 Å². The largest absolute Gasteiger partial charge is 0.463 e. The maximum Gasteiger partial charge on any atom is 0.377 e. The molecule has 9 nitrogen and oxygen atoms in total. The van der Waals surface area contributed by atoms with Crippen LogP contribution < -0.4 is 5.73 Å². The van der Waals surface area contributed by atoms with Gasteiger partial charge in [0.2, 0.25) is 0 Å². The second kappa shape index (κ2) is 4.72. The number of rotatable bonds is 3. The molecule has 0 aliphatic rings. The fourth-order valence-corrected chi connectivity index (χ4v) is 1.43. The van der Waals surface area contributed by atoms with Gasteiger partial charge in [0.25, 0.3) is 11.5 Å². The molecule has 0 fully saturated rings. The number of nitro benzene ring substituents is 1. The molecule has 0 unspecified atom stereocenters. The standard InChI is InChI=1S/C10H9N5O4/c1-19-10(16)9-12-5-14(13-9)7-2-6(11)3-8(4-7)15(17)18/h2-5H,11H2,1H3. The second-order valence-corrected chi connectivity index (χ2v) is 3.54. The molecule has 2 N–H and O–H groups in total. The number of nitrogens with zero attached hydrogens (tertiary/aromatic N) is 4. The Morgan fingerprint density at radius 2 is 2.21 bits per heavy atom. The molecule has 0 amide bonds. The van der Waals surface area contributed by atoms with E-state index < -0.39 is 10.9 Å². The summed E-state index contributed by atoms with van der Waals surface area (Å²) in [5, 5.41) is 14.6. The lowest BCUT2D eigenvalue weighted by Crippen LogP contribution is -2.05. The zero-order chi connectivity index (χ0) is 14.0. The first kappa shape index (κ1) is 12.5. The van der Waals surface area contributed by atoms with E-state index in [2.05, 4.69) is 14.8 Å². The Kier molecular flexibility index (Phi) is 3.10. The van der Waals surface area contributed by atoms with Gasteiger partial charge in [0.15, 0.2) is 0 Å². The Labute approximate surface area is 106 Å². The molecule has 1 aromatic carbocycles. The smallest absolute Gasteiger partial charge is 0.377 e. The van der Waals surface area contributed by atoms with Gasteiger partial charge >= 0.3 is 5.97 Å². The number of hydrogen-bond donors (Lipinski definition) is 1. The zero-order valence-corrected chi connectivity index (χ0v) is 9.81. The van der Waals surface area contributed by atoms with Crippen LogP contribution in [0.2, 0.25) is 0 Å². The molecule has 0 saturated carbocycles. The van der Waals surface area contributed by atoms with Crippen molar-refractivity contribution in [2.75, 3.05) is 12.8 Å². The fraction of sp³-hybridized carbons (Fsp3) is 0.100. The number of non-ortho nitro benzene ring substituents is 1. The van der Waals surface area contributed by atoms with Crippen LogP contribution in [0.15, 0.2) is 24.5 Å². The van der Waals surface area contributed by atoms with E-state index in [4.69, 9.17) is 5.73 Å². The van der Waals surface area contributed by atoms with Crippen LogP contribution in [0.4, 0.5) is 11.4 Å². The van der Waals surface area contributed by atoms with Crippen LogP contribution in [0.3, 0.4) is 0 Å². The minimum absolute atomic E-state index is 0.146. The molecule has 0 spiro atoms. The van der Waals surface area contributed by atoms with Crippen LogP contribution in [0.5, 0.6) is 0 Å². The number of benzene rings is 1. The van der Waals surface area contributed by atoms with E-state index in [9.17, 15) is 14.9 Å². The first-order valence-corrected chi connectivity index (χ1v) is 5.06. The lowest BCUT2D eigenvalue weighted by atomic mass is 10.2. The molecular weight excluding hydrogens is 254 g/mol. The van der Waals surface area contributed by atoms with Gasteiger partial charge < -0.3 is 10.5 Å². The maximum absolute atomic E-state index is 11.2. The van der Waals surface area contributed by atoms with Crippen LogP contribution in [0, 0.1) is 10.1 Å². The van der Waals surface area contributed by atoms with Crippen LogP contribution in [0.25, 0.3) is 5.69 Å². The Bertz CT molecular complexity index is 651.